The van der Waals surface area contributed by atoms with Gasteiger partial charge in [-0.2, -0.15) is 0 Å². The first-order chi connectivity index (χ1) is 24.1. The van der Waals surface area contributed by atoms with Gasteiger partial charge in [0, 0.05) is 26.7 Å². The van der Waals surface area contributed by atoms with E-state index in [1.807, 2.05) is 60.7 Å². The van der Waals surface area contributed by atoms with Crippen LogP contribution < -0.4 is 15.9 Å². The van der Waals surface area contributed by atoms with Crippen molar-refractivity contribution in [2.75, 3.05) is 0 Å². The number of benzene rings is 8. The minimum absolute atomic E-state index is 0.798. The van der Waals surface area contributed by atoms with Crippen molar-refractivity contribution in [3.8, 4) is 11.1 Å². The lowest BCUT2D eigenvalue weighted by Gasteiger charge is -2.21. The zero-order chi connectivity index (χ0) is 32.5. The Balaban J connectivity index is 1.32. The van der Waals surface area contributed by atoms with Crippen molar-refractivity contribution in [3.05, 3.63) is 176 Å². The minimum Gasteiger partial charge on any atom is -0.309 e. The molecule has 2 heterocycles. The Kier molecular flexibility index (Phi) is 6.15. The third kappa shape index (κ3) is 4.30. The van der Waals surface area contributed by atoms with Crippen LogP contribution in [-0.2, 0) is 4.57 Å². The quantitative estimate of drug-likeness (QED) is 0.109. The molecule has 0 amide bonds. The Bertz CT molecular complexity index is 2920. The lowest BCUT2D eigenvalue weighted by atomic mass is 10.0. The van der Waals surface area contributed by atoms with Gasteiger partial charge in [-0.3, -0.25) is 4.40 Å². The zero-order valence-electron chi connectivity index (χ0n) is 26.5. The predicted molar refractivity (Wildman–Crippen MR) is 208 cm³/mol. The fourth-order valence-electron chi connectivity index (χ4n) is 7.55. The van der Waals surface area contributed by atoms with Crippen LogP contribution in [0.4, 0.5) is 0 Å². The van der Waals surface area contributed by atoms with E-state index in [1.165, 1.54) is 21.5 Å². The maximum atomic E-state index is 15.6. The van der Waals surface area contributed by atoms with Crippen molar-refractivity contribution in [2.24, 2.45) is 0 Å². The van der Waals surface area contributed by atoms with Crippen molar-refractivity contribution in [3.63, 3.8) is 0 Å². The Labute approximate surface area is 283 Å². The maximum Gasteiger partial charge on any atom is 0.171 e. The fraction of sp³-hybridized carbons (Fsp3) is 0. The van der Waals surface area contributed by atoms with Crippen molar-refractivity contribution >= 4 is 83.0 Å². The van der Waals surface area contributed by atoms with Crippen LogP contribution >= 0.6 is 7.14 Å². The third-order valence-corrected chi connectivity index (χ3v) is 13.0. The highest BCUT2D eigenvalue weighted by Crippen LogP contribution is 2.44. The van der Waals surface area contributed by atoms with Crippen LogP contribution in [-0.4, -0.2) is 9.38 Å². The van der Waals surface area contributed by atoms with Gasteiger partial charge in [0.05, 0.1) is 16.6 Å². The summed E-state index contributed by atoms with van der Waals surface area (Å²) < 4.78 is 17.8. The van der Waals surface area contributed by atoms with Crippen molar-refractivity contribution < 1.29 is 4.57 Å². The molecular weight excluding hydrogens is 615 g/mol. The summed E-state index contributed by atoms with van der Waals surface area (Å²) in [5.74, 6) is 0. The molecule has 8 aromatic carbocycles. The molecule has 49 heavy (non-hydrogen) atoms. The first kappa shape index (κ1) is 28.0. The molecule has 3 nitrogen and oxygen atoms in total. The number of aromatic nitrogens is 2. The Hall–Kier alpha value is -6.02. The van der Waals surface area contributed by atoms with Gasteiger partial charge >= 0.3 is 0 Å². The fourth-order valence-corrected chi connectivity index (χ4v) is 10.2. The van der Waals surface area contributed by atoms with Gasteiger partial charge < -0.3 is 4.57 Å². The lowest BCUT2D eigenvalue weighted by molar-refractivity contribution is 0.592. The molecule has 0 saturated heterocycles. The summed E-state index contributed by atoms with van der Waals surface area (Å²) in [4.78, 5) is 5.29. The summed E-state index contributed by atoms with van der Waals surface area (Å²) in [6, 6.07) is 60.9. The molecule has 10 aromatic rings. The highest BCUT2D eigenvalue weighted by molar-refractivity contribution is 7.85. The highest BCUT2D eigenvalue weighted by atomic mass is 31.2. The van der Waals surface area contributed by atoms with Crippen LogP contribution in [0.5, 0.6) is 0 Å². The summed E-state index contributed by atoms with van der Waals surface area (Å²) >= 11 is 0. The molecule has 0 unspecified atom stereocenters. The van der Waals surface area contributed by atoms with Crippen LogP contribution in [0, 0.1) is 0 Å². The zero-order valence-corrected chi connectivity index (χ0v) is 27.4. The second-order valence-corrected chi connectivity index (χ2v) is 15.5. The molecule has 0 bridgehead atoms. The minimum atomic E-state index is -3.21. The molecule has 0 atom stereocenters. The van der Waals surface area contributed by atoms with Crippen LogP contribution in [0.1, 0.15) is 0 Å². The summed E-state index contributed by atoms with van der Waals surface area (Å²) in [6.07, 6.45) is 0. The predicted octanol–water partition coefficient (Wildman–Crippen LogP) is 10.4. The molecule has 0 N–H and O–H groups in total. The van der Waals surface area contributed by atoms with Crippen molar-refractivity contribution in [1.82, 2.24) is 9.38 Å². The van der Waals surface area contributed by atoms with E-state index < -0.39 is 7.14 Å². The topological polar surface area (TPSA) is 34.4 Å². The molecule has 0 saturated carbocycles. The molecule has 2 aromatic heterocycles. The average Bonchev–Trinajstić information content (AvgIpc) is 3.57. The molecule has 0 radical (unpaired) electrons. The molecule has 0 fully saturated rings. The molecule has 4 heteroatoms. The van der Waals surface area contributed by atoms with Gasteiger partial charge in [-0.1, -0.05) is 140 Å². The van der Waals surface area contributed by atoms with E-state index >= 15 is 4.57 Å². The molecule has 10 rings (SSSR count). The molecule has 0 spiro atoms. The van der Waals surface area contributed by atoms with Crippen LogP contribution in [0.15, 0.2) is 176 Å². The third-order valence-electron chi connectivity index (χ3n) is 9.98. The van der Waals surface area contributed by atoms with Gasteiger partial charge in [0.15, 0.2) is 7.14 Å². The number of fused-ring (bicyclic) bond motifs is 10. The van der Waals surface area contributed by atoms with E-state index in [0.29, 0.717) is 0 Å². The van der Waals surface area contributed by atoms with E-state index in [1.54, 1.807) is 0 Å². The number of imidazole rings is 1. The molecule has 0 aliphatic rings. The highest BCUT2D eigenvalue weighted by Gasteiger charge is 2.30. The number of rotatable bonds is 4. The van der Waals surface area contributed by atoms with Crippen LogP contribution in [0.3, 0.4) is 0 Å². The van der Waals surface area contributed by atoms with E-state index in [-0.39, 0.29) is 0 Å². The van der Waals surface area contributed by atoms with Gasteiger partial charge in [-0.25, -0.2) is 4.98 Å². The molecular formula is C45H29N2OP. The lowest BCUT2D eigenvalue weighted by Crippen LogP contribution is -2.25. The standard InChI is InChI=1S/C45H29N2OP/c48-49(36-15-3-1-4-16-36,37-17-5-2-6-18-37)38-22-23-39-40-26-32-13-9-10-14-33(32)27-41(40)45-46-42-24-21-35(28-44(42)47(45)43(39)29-38)34-20-19-30-11-7-8-12-31(30)25-34/h1-29H. The van der Waals surface area contributed by atoms with Crippen LogP contribution in [0.2, 0.25) is 0 Å². The van der Waals surface area contributed by atoms with E-state index in [2.05, 4.69) is 120 Å². The Morgan fingerprint density at radius 2 is 0.980 bits per heavy atom. The van der Waals surface area contributed by atoms with Crippen LogP contribution in [0.25, 0.3) is 71.0 Å². The Morgan fingerprint density at radius 1 is 0.408 bits per heavy atom. The normalized spacial score (nSPS) is 12.2. The number of nitrogens with zero attached hydrogens (tertiary/aromatic N) is 2. The summed E-state index contributed by atoms with van der Waals surface area (Å²) in [5, 5.41) is 10.5. The number of hydrogen-bond donors (Lipinski definition) is 0. The largest absolute Gasteiger partial charge is 0.309 e. The van der Waals surface area contributed by atoms with Gasteiger partial charge in [0.2, 0.25) is 0 Å². The van der Waals surface area contributed by atoms with Gasteiger partial charge in [0.25, 0.3) is 0 Å². The maximum absolute atomic E-state index is 15.6. The second-order valence-electron chi connectivity index (χ2n) is 12.8. The van der Waals surface area contributed by atoms with Crippen molar-refractivity contribution in [2.45, 2.75) is 0 Å². The summed E-state index contributed by atoms with van der Waals surface area (Å²) in [5.41, 5.74) is 6.11. The average molecular weight is 645 g/mol. The molecule has 0 aliphatic carbocycles. The Morgan fingerprint density at radius 3 is 1.67 bits per heavy atom. The molecule has 0 aliphatic heterocycles. The van der Waals surface area contributed by atoms with E-state index in [4.69, 9.17) is 4.98 Å². The monoisotopic (exact) mass is 644 g/mol. The van der Waals surface area contributed by atoms with Crippen molar-refractivity contribution in [1.29, 1.82) is 0 Å². The van der Waals surface area contributed by atoms with E-state index in [0.717, 1.165) is 65.4 Å². The van der Waals surface area contributed by atoms with Gasteiger partial charge in [0.1, 0.15) is 5.65 Å². The first-order valence-corrected chi connectivity index (χ1v) is 18.3. The van der Waals surface area contributed by atoms with Gasteiger partial charge in [-0.15, -0.1) is 0 Å². The first-order valence-electron chi connectivity index (χ1n) is 16.6. The summed E-state index contributed by atoms with van der Waals surface area (Å²) in [6.45, 7) is 0. The number of pyridine rings is 1. The summed E-state index contributed by atoms with van der Waals surface area (Å²) in [7, 11) is -3.21. The molecule has 230 valence electrons. The second kappa shape index (κ2) is 10.8. The number of hydrogen-bond acceptors (Lipinski definition) is 2. The SMILES string of the molecule is O=P(c1ccccc1)(c1ccccc1)c1ccc2c3cc4ccccc4cc3c3nc4ccc(-c5ccc6ccccc6c5)cc4n3c2c1. The smallest absolute Gasteiger partial charge is 0.171 e. The van der Waals surface area contributed by atoms with Gasteiger partial charge in [-0.05, 0) is 74.5 Å². The van der Waals surface area contributed by atoms with E-state index in [9.17, 15) is 0 Å².